The minimum Gasteiger partial charge on any atom is -0.467 e. The zero-order chi connectivity index (χ0) is 22.9. The molecular weight excluding hydrogens is 420 g/mol. The lowest BCUT2D eigenvalue weighted by molar-refractivity contribution is 0.0973. The van der Waals surface area contributed by atoms with E-state index in [1.165, 1.54) is 21.7 Å². The molecule has 5 rings (SSSR count). The second-order valence-corrected chi connectivity index (χ2v) is 7.76. The van der Waals surface area contributed by atoms with Gasteiger partial charge in [0.1, 0.15) is 5.76 Å². The Morgan fingerprint density at radius 3 is 2.42 bits per heavy atom. The van der Waals surface area contributed by atoms with Crippen LogP contribution in [-0.2, 0) is 13.1 Å². The first kappa shape index (κ1) is 20.4. The summed E-state index contributed by atoms with van der Waals surface area (Å²) in [6.07, 6.45) is 2.91. The predicted molar refractivity (Wildman–Crippen MR) is 123 cm³/mol. The third kappa shape index (κ3) is 3.71. The molecule has 8 heteroatoms. The normalized spacial score (nSPS) is 11.2. The summed E-state index contributed by atoms with van der Waals surface area (Å²) >= 11 is 0. The number of hydrogen-bond acceptors (Lipinski definition) is 5. The van der Waals surface area contributed by atoms with Crippen LogP contribution in [0.2, 0.25) is 0 Å². The highest BCUT2D eigenvalue weighted by Crippen LogP contribution is 2.15. The quantitative estimate of drug-likeness (QED) is 0.378. The molecular formula is C25H20N4O4. The zero-order valence-electron chi connectivity index (χ0n) is 17.8. The lowest BCUT2D eigenvalue weighted by Crippen LogP contribution is -2.40. The summed E-state index contributed by atoms with van der Waals surface area (Å²) in [7, 11) is 0. The van der Waals surface area contributed by atoms with E-state index < -0.39 is 11.2 Å². The lowest BCUT2D eigenvalue weighted by atomic mass is 10.1. The maximum Gasteiger partial charge on any atom is 0.337 e. The fourth-order valence-corrected chi connectivity index (χ4v) is 3.79. The maximum atomic E-state index is 13.4. The summed E-state index contributed by atoms with van der Waals surface area (Å²) in [5, 5.41) is 0. The van der Waals surface area contributed by atoms with Crippen LogP contribution in [0.5, 0.6) is 0 Å². The highest BCUT2D eigenvalue weighted by atomic mass is 16.3. The fraction of sp³-hybridized carbons (Fsp3) is 0.120. The second kappa shape index (κ2) is 8.23. The SMILES string of the molecule is Cc1ccc(C(=O)Cn2cnc3c2c(=O)n(Cc2ccco2)c(=O)n3-c2ccccc2)cc1. The summed E-state index contributed by atoms with van der Waals surface area (Å²) in [5.74, 6) is 0.304. The molecule has 0 N–H and O–H groups in total. The number of para-hydroxylation sites is 1. The molecule has 2 aromatic carbocycles. The number of carbonyl (C=O) groups excluding carboxylic acids is 1. The molecule has 0 aliphatic heterocycles. The Hall–Kier alpha value is -4.46. The van der Waals surface area contributed by atoms with Crippen molar-refractivity contribution in [2.45, 2.75) is 20.0 Å². The van der Waals surface area contributed by atoms with Gasteiger partial charge in [0.15, 0.2) is 16.9 Å². The molecule has 5 aromatic rings. The van der Waals surface area contributed by atoms with Crippen LogP contribution in [0.3, 0.4) is 0 Å². The Kier molecular flexibility index (Phi) is 5.10. The topological polar surface area (TPSA) is 92.0 Å². The molecule has 8 nitrogen and oxygen atoms in total. The van der Waals surface area contributed by atoms with Crippen LogP contribution in [0.1, 0.15) is 21.7 Å². The molecule has 0 aliphatic rings. The monoisotopic (exact) mass is 440 g/mol. The van der Waals surface area contributed by atoms with Crippen LogP contribution in [0.15, 0.2) is 93.3 Å². The average molecular weight is 440 g/mol. The smallest absolute Gasteiger partial charge is 0.337 e. The van der Waals surface area contributed by atoms with Gasteiger partial charge in [-0.05, 0) is 31.2 Å². The third-order valence-corrected chi connectivity index (χ3v) is 5.50. The molecule has 0 saturated heterocycles. The van der Waals surface area contributed by atoms with E-state index in [1.807, 2.05) is 25.1 Å². The van der Waals surface area contributed by atoms with E-state index in [4.69, 9.17) is 4.42 Å². The number of Topliss-reactive ketones (excluding diaryl/α,β-unsaturated/α-hetero) is 1. The van der Waals surface area contributed by atoms with Crippen molar-refractivity contribution in [3.05, 3.63) is 117 Å². The van der Waals surface area contributed by atoms with E-state index in [0.717, 1.165) is 10.1 Å². The number of imidazole rings is 1. The molecule has 0 unspecified atom stereocenters. The zero-order valence-corrected chi connectivity index (χ0v) is 17.8. The molecule has 3 heterocycles. The Morgan fingerprint density at radius 1 is 0.970 bits per heavy atom. The first-order valence-electron chi connectivity index (χ1n) is 10.4. The summed E-state index contributed by atoms with van der Waals surface area (Å²) in [6.45, 7) is 1.83. The number of furan rings is 1. The number of benzene rings is 2. The van der Waals surface area contributed by atoms with Crippen LogP contribution < -0.4 is 11.2 Å². The minimum absolute atomic E-state index is 0.0372. The van der Waals surface area contributed by atoms with Gasteiger partial charge in [-0.25, -0.2) is 14.3 Å². The van der Waals surface area contributed by atoms with E-state index in [2.05, 4.69) is 4.98 Å². The Morgan fingerprint density at radius 2 is 1.73 bits per heavy atom. The second-order valence-electron chi connectivity index (χ2n) is 7.76. The number of aromatic nitrogens is 4. The number of rotatable bonds is 6. The van der Waals surface area contributed by atoms with E-state index in [-0.39, 0.29) is 30.0 Å². The number of carbonyl (C=O) groups is 1. The third-order valence-electron chi connectivity index (χ3n) is 5.50. The Labute approximate surface area is 188 Å². The van der Waals surface area contributed by atoms with Crippen LogP contribution in [0, 0.1) is 6.92 Å². The maximum absolute atomic E-state index is 13.4. The highest BCUT2D eigenvalue weighted by Gasteiger charge is 2.21. The molecule has 0 spiro atoms. The molecule has 0 aliphatic carbocycles. The van der Waals surface area contributed by atoms with Crippen molar-refractivity contribution < 1.29 is 9.21 Å². The van der Waals surface area contributed by atoms with Gasteiger partial charge in [0.2, 0.25) is 0 Å². The Bertz CT molecular complexity index is 1560. The van der Waals surface area contributed by atoms with Crippen molar-refractivity contribution in [1.82, 2.24) is 18.7 Å². The van der Waals surface area contributed by atoms with Gasteiger partial charge in [0.05, 0.1) is 31.4 Å². The number of nitrogens with zero attached hydrogens (tertiary/aromatic N) is 4. The van der Waals surface area contributed by atoms with E-state index in [0.29, 0.717) is 17.0 Å². The van der Waals surface area contributed by atoms with E-state index in [1.54, 1.807) is 48.5 Å². The van der Waals surface area contributed by atoms with Crippen molar-refractivity contribution in [1.29, 1.82) is 0 Å². The molecule has 0 atom stereocenters. The average Bonchev–Trinajstić information content (AvgIpc) is 3.48. The summed E-state index contributed by atoms with van der Waals surface area (Å²) in [5.41, 5.74) is 1.45. The summed E-state index contributed by atoms with van der Waals surface area (Å²) in [6, 6.07) is 19.6. The van der Waals surface area contributed by atoms with E-state index in [9.17, 15) is 14.4 Å². The number of ketones is 1. The standard InChI is InChI=1S/C25H20N4O4/c1-17-9-11-18(12-10-17)21(30)15-27-16-26-23-22(27)24(31)28(14-20-8-5-13-33-20)25(32)29(23)19-6-3-2-4-7-19/h2-13,16H,14-15H2,1H3. The van der Waals surface area contributed by atoms with Crippen molar-refractivity contribution in [2.75, 3.05) is 0 Å². The molecule has 0 fully saturated rings. The molecule has 0 bridgehead atoms. The van der Waals surface area contributed by atoms with Gasteiger partial charge in [-0.15, -0.1) is 0 Å². The van der Waals surface area contributed by atoms with Gasteiger partial charge in [-0.2, -0.15) is 0 Å². The van der Waals surface area contributed by atoms with Crippen LogP contribution in [-0.4, -0.2) is 24.5 Å². The molecule has 0 radical (unpaired) electrons. The van der Waals surface area contributed by atoms with Gasteiger partial charge in [0, 0.05) is 5.56 Å². The fourth-order valence-electron chi connectivity index (χ4n) is 3.79. The van der Waals surface area contributed by atoms with Crippen molar-refractivity contribution in [3.63, 3.8) is 0 Å². The minimum atomic E-state index is -0.537. The van der Waals surface area contributed by atoms with Crippen LogP contribution >= 0.6 is 0 Å². The van der Waals surface area contributed by atoms with Gasteiger partial charge in [-0.1, -0.05) is 48.0 Å². The number of aryl methyl sites for hydroxylation is 1. The largest absolute Gasteiger partial charge is 0.467 e. The summed E-state index contributed by atoms with van der Waals surface area (Å²) in [4.78, 5) is 44.1. The molecule has 33 heavy (non-hydrogen) atoms. The van der Waals surface area contributed by atoms with Crippen LogP contribution in [0.25, 0.3) is 16.9 Å². The molecule has 0 saturated carbocycles. The van der Waals surface area contributed by atoms with Gasteiger partial charge < -0.3 is 8.98 Å². The van der Waals surface area contributed by atoms with Crippen molar-refractivity contribution in [3.8, 4) is 5.69 Å². The van der Waals surface area contributed by atoms with Crippen LogP contribution in [0.4, 0.5) is 0 Å². The molecule has 0 amide bonds. The van der Waals surface area contributed by atoms with Gasteiger partial charge in [0.25, 0.3) is 5.56 Å². The van der Waals surface area contributed by atoms with Crippen molar-refractivity contribution >= 4 is 16.9 Å². The van der Waals surface area contributed by atoms with Crippen molar-refractivity contribution in [2.24, 2.45) is 0 Å². The summed E-state index contributed by atoms with van der Waals surface area (Å²) < 4.78 is 9.34. The molecule has 164 valence electrons. The Balaban J connectivity index is 1.69. The predicted octanol–water partition coefficient (Wildman–Crippen LogP) is 3.18. The first-order valence-corrected chi connectivity index (χ1v) is 10.4. The number of fused-ring (bicyclic) bond motifs is 1. The highest BCUT2D eigenvalue weighted by molar-refractivity contribution is 5.96. The lowest BCUT2D eigenvalue weighted by Gasteiger charge is -2.12. The van der Waals surface area contributed by atoms with Gasteiger partial charge >= 0.3 is 5.69 Å². The number of hydrogen-bond donors (Lipinski definition) is 0. The first-order chi connectivity index (χ1) is 16.0. The van der Waals surface area contributed by atoms with E-state index >= 15 is 0 Å². The molecule has 3 aromatic heterocycles. The van der Waals surface area contributed by atoms with Gasteiger partial charge in [-0.3, -0.25) is 14.2 Å².